The molecular weight excluding hydrogens is 446 g/mol. The SMILES string of the molecule is CCCOc1ccc(C(=O)O)cc1[C@H]1C[C@@](C)(NC(=O)CCO)C[C@@H](c2ccc(Cl)cc2)O1. The van der Waals surface area contributed by atoms with Gasteiger partial charge in [0.1, 0.15) is 5.75 Å². The predicted octanol–water partition coefficient (Wildman–Crippen LogP) is 4.68. The fourth-order valence-corrected chi connectivity index (χ4v) is 4.26. The highest BCUT2D eigenvalue weighted by molar-refractivity contribution is 6.30. The molecule has 1 heterocycles. The second kappa shape index (κ2) is 11.0. The fraction of sp³-hybridized carbons (Fsp3) is 0.440. The summed E-state index contributed by atoms with van der Waals surface area (Å²) >= 11 is 6.06. The van der Waals surface area contributed by atoms with E-state index in [0.717, 1.165) is 12.0 Å². The number of benzene rings is 2. The monoisotopic (exact) mass is 475 g/mol. The highest BCUT2D eigenvalue weighted by atomic mass is 35.5. The smallest absolute Gasteiger partial charge is 0.335 e. The fourth-order valence-electron chi connectivity index (χ4n) is 4.13. The summed E-state index contributed by atoms with van der Waals surface area (Å²) in [5, 5.41) is 22.4. The van der Waals surface area contributed by atoms with Crippen LogP contribution in [-0.4, -0.2) is 40.8 Å². The van der Waals surface area contributed by atoms with Gasteiger partial charge in [-0.1, -0.05) is 30.7 Å². The van der Waals surface area contributed by atoms with E-state index in [1.165, 1.54) is 6.07 Å². The molecule has 7 nitrogen and oxygen atoms in total. The number of carboxylic acids is 1. The summed E-state index contributed by atoms with van der Waals surface area (Å²) < 4.78 is 12.4. The number of carbonyl (C=O) groups excluding carboxylic acids is 1. The molecule has 0 spiro atoms. The van der Waals surface area contributed by atoms with Gasteiger partial charge >= 0.3 is 5.97 Å². The zero-order valence-electron chi connectivity index (χ0n) is 18.8. The summed E-state index contributed by atoms with van der Waals surface area (Å²) in [5.74, 6) is -0.729. The number of hydrogen-bond donors (Lipinski definition) is 3. The highest BCUT2D eigenvalue weighted by Crippen LogP contribution is 2.46. The van der Waals surface area contributed by atoms with Gasteiger partial charge in [-0.25, -0.2) is 4.79 Å². The Labute approximate surface area is 198 Å². The Balaban J connectivity index is 2.01. The molecule has 1 amide bonds. The first-order chi connectivity index (χ1) is 15.7. The maximum atomic E-state index is 12.4. The van der Waals surface area contributed by atoms with Gasteiger partial charge in [0.05, 0.1) is 31.0 Å². The van der Waals surface area contributed by atoms with Gasteiger partial charge in [-0.3, -0.25) is 4.79 Å². The molecule has 0 saturated carbocycles. The third-order valence-electron chi connectivity index (χ3n) is 5.69. The van der Waals surface area contributed by atoms with Crippen molar-refractivity contribution in [3.05, 3.63) is 64.2 Å². The van der Waals surface area contributed by atoms with Crippen LogP contribution >= 0.6 is 11.6 Å². The molecule has 0 aromatic heterocycles. The number of ether oxygens (including phenoxy) is 2. The lowest BCUT2D eigenvalue weighted by molar-refractivity contribution is -0.129. The second-order valence-electron chi connectivity index (χ2n) is 8.56. The molecule has 1 aliphatic heterocycles. The molecule has 3 N–H and O–H groups in total. The number of carboxylic acid groups (broad SMARTS) is 1. The Morgan fingerprint density at radius 2 is 1.88 bits per heavy atom. The van der Waals surface area contributed by atoms with Gasteiger partial charge in [-0.15, -0.1) is 0 Å². The minimum Gasteiger partial charge on any atom is -0.493 e. The van der Waals surface area contributed by atoms with Crippen LogP contribution in [0.25, 0.3) is 0 Å². The number of nitrogens with one attached hydrogen (secondary N) is 1. The first kappa shape index (κ1) is 25.0. The van der Waals surface area contributed by atoms with Crippen molar-refractivity contribution in [3.63, 3.8) is 0 Å². The summed E-state index contributed by atoms with van der Waals surface area (Å²) in [5.41, 5.74) is 1.01. The van der Waals surface area contributed by atoms with Crippen molar-refractivity contribution in [2.75, 3.05) is 13.2 Å². The molecular formula is C25H30ClNO6. The summed E-state index contributed by atoms with van der Waals surface area (Å²) in [6.07, 6.45) is 0.837. The molecule has 1 saturated heterocycles. The van der Waals surface area contributed by atoms with E-state index in [2.05, 4.69) is 5.32 Å². The molecule has 8 heteroatoms. The van der Waals surface area contributed by atoms with E-state index in [1.54, 1.807) is 24.3 Å². The van der Waals surface area contributed by atoms with Crippen LogP contribution in [0.4, 0.5) is 0 Å². The average Bonchev–Trinajstić information content (AvgIpc) is 2.77. The Kier molecular flexibility index (Phi) is 8.35. The van der Waals surface area contributed by atoms with E-state index in [-0.39, 0.29) is 30.6 Å². The van der Waals surface area contributed by atoms with E-state index in [9.17, 15) is 14.7 Å². The standard InChI is InChI=1S/C25H30ClNO6/c1-3-12-32-20-9-6-17(24(30)31)13-19(20)22-15-25(2,27-23(29)10-11-28)14-21(33-22)16-4-7-18(26)8-5-16/h4-9,13,21-22,28H,3,10-12,14-15H2,1-2H3,(H,27,29)(H,30,31)/t21-,22+,25-/m0/s1. The van der Waals surface area contributed by atoms with Crippen LogP contribution in [0, 0.1) is 0 Å². The first-order valence-corrected chi connectivity index (χ1v) is 11.5. The molecule has 3 rings (SSSR count). The maximum Gasteiger partial charge on any atom is 0.335 e. The zero-order chi connectivity index (χ0) is 24.0. The van der Waals surface area contributed by atoms with Crippen LogP contribution in [-0.2, 0) is 9.53 Å². The van der Waals surface area contributed by atoms with Crippen LogP contribution in [0.2, 0.25) is 5.02 Å². The van der Waals surface area contributed by atoms with E-state index in [4.69, 9.17) is 26.2 Å². The molecule has 0 bridgehead atoms. The zero-order valence-corrected chi connectivity index (χ0v) is 19.6. The molecule has 3 atom stereocenters. The molecule has 1 aliphatic rings. The molecule has 2 aromatic rings. The minimum atomic E-state index is -1.04. The van der Waals surface area contributed by atoms with Gasteiger partial charge in [0, 0.05) is 35.4 Å². The summed E-state index contributed by atoms with van der Waals surface area (Å²) in [6.45, 7) is 4.18. The van der Waals surface area contributed by atoms with Gasteiger partial charge in [0.15, 0.2) is 0 Å². The largest absolute Gasteiger partial charge is 0.493 e. The number of halogens is 1. The van der Waals surface area contributed by atoms with Crippen molar-refractivity contribution in [3.8, 4) is 5.75 Å². The molecule has 178 valence electrons. The number of amides is 1. The van der Waals surface area contributed by atoms with Gasteiger partial charge in [-0.2, -0.15) is 0 Å². The van der Waals surface area contributed by atoms with E-state index < -0.39 is 17.6 Å². The van der Waals surface area contributed by atoms with E-state index >= 15 is 0 Å². The van der Waals surface area contributed by atoms with Gasteiger partial charge in [-0.05, 0) is 49.2 Å². The van der Waals surface area contributed by atoms with Crippen molar-refractivity contribution >= 4 is 23.5 Å². The Morgan fingerprint density at radius 3 is 2.52 bits per heavy atom. The normalized spacial score (nSPS) is 22.5. The van der Waals surface area contributed by atoms with E-state index in [0.29, 0.717) is 35.8 Å². The predicted molar refractivity (Wildman–Crippen MR) is 125 cm³/mol. The molecule has 0 radical (unpaired) electrons. The van der Waals surface area contributed by atoms with Crippen molar-refractivity contribution in [1.29, 1.82) is 0 Å². The summed E-state index contributed by atoms with van der Waals surface area (Å²) in [6, 6.07) is 12.1. The number of rotatable bonds is 9. The van der Waals surface area contributed by atoms with Crippen LogP contribution in [0.3, 0.4) is 0 Å². The van der Waals surface area contributed by atoms with Crippen LogP contribution in [0.15, 0.2) is 42.5 Å². The molecule has 1 fully saturated rings. The number of hydrogen-bond acceptors (Lipinski definition) is 5. The lowest BCUT2D eigenvalue weighted by Gasteiger charge is -2.43. The topological polar surface area (TPSA) is 105 Å². The van der Waals surface area contributed by atoms with Gasteiger partial charge in [0.2, 0.25) is 5.91 Å². The first-order valence-electron chi connectivity index (χ1n) is 11.1. The highest BCUT2D eigenvalue weighted by Gasteiger charge is 2.41. The lowest BCUT2D eigenvalue weighted by Crippen LogP contribution is -2.51. The number of carbonyl (C=O) groups is 2. The Morgan fingerprint density at radius 1 is 1.18 bits per heavy atom. The maximum absolute atomic E-state index is 12.4. The lowest BCUT2D eigenvalue weighted by atomic mass is 9.81. The minimum absolute atomic E-state index is 0.00604. The Bertz CT molecular complexity index is 979. The van der Waals surface area contributed by atoms with Crippen molar-refractivity contribution in [1.82, 2.24) is 5.32 Å². The molecule has 0 unspecified atom stereocenters. The number of aromatic carboxylic acids is 1. The number of aliphatic hydroxyl groups is 1. The van der Waals surface area contributed by atoms with Crippen LogP contribution in [0.1, 0.15) is 73.2 Å². The van der Waals surface area contributed by atoms with Crippen molar-refractivity contribution in [2.45, 2.75) is 57.3 Å². The summed E-state index contributed by atoms with van der Waals surface area (Å²) in [4.78, 5) is 24.0. The summed E-state index contributed by atoms with van der Waals surface area (Å²) in [7, 11) is 0. The Hall–Kier alpha value is -2.61. The third kappa shape index (κ3) is 6.47. The van der Waals surface area contributed by atoms with Crippen LogP contribution < -0.4 is 10.1 Å². The number of aliphatic hydroxyl groups excluding tert-OH is 1. The molecule has 2 aromatic carbocycles. The molecule has 33 heavy (non-hydrogen) atoms. The van der Waals surface area contributed by atoms with Crippen LogP contribution in [0.5, 0.6) is 5.75 Å². The third-order valence-corrected chi connectivity index (χ3v) is 5.94. The van der Waals surface area contributed by atoms with Gasteiger partial charge in [0.25, 0.3) is 0 Å². The molecule has 0 aliphatic carbocycles. The average molecular weight is 476 g/mol. The van der Waals surface area contributed by atoms with Crippen molar-refractivity contribution in [2.24, 2.45) is 0 Å². The van der Waals surface area contributed by atoms with Gasteiger partial charge < -0.3 is 25.0 Å². The quantitative estimate of drug-likeness (QED) is 0.486. The second-order valence-corrected chi connectivity index (χ2v) is 9.00. The van der Waals surface area contributed by atoms with Crippen molar-refractivity contribution < 1.29 is 29.3 Å². The van der Waals surface area contributed by atoms with E-state index in [1.807, 2.05) is 26.0 Å².